The molecule has 0 saturated heterocycles. The normalized spacial score (nSPS) is 12.1. The molecule has 2 aromatic carbocycles. The maximum absolute atomic E-state index is 13.8. The lowest BCUT2D eigenvalue weighted by Crippen LogP contribution is -2.40. The van der Waals surface area contributed by atoms with Crippen LogP contribution in [0.1, 0.15) is 38.8 Å². The molecular formula is C17H11Cl2F3O2. The van der Waals surface area contributed by atoms with Gasteiger partial charge in [-0.25, -0.2) is 0 Å². The van der Waals surface area contributed by atoms with Crippen molar-refractivity contribution < 1.29 is 22.8 Å². The van der Waals surface area contributed by atoms with E-state index in [2.05, 4.69) is 0 Å². The molecule has 0 N–H and O–H groups in total. The fourth-order valence-corrected chi connectivity index (χ4v) is 2.62. The smallest absolute Gasteiger partial charge is 0.276 e. The number of alkyl halides is 3. The summed E-state index contributed by atoms with van der Waals surface area (Å²) < 4.78 is 41.4. The third-order valence-corrected chi connectivity index (χ3v) is 4.38. The van der Waals surface area contributed by atoms with E-state index in [4.69, 9.17) is 23.2 Å². The van der Waals surface area contributed by atoms with Gasteiger partial charge in [-0.15, -0.1) is 0 Å². The van der Waals surface area contributed by atoms with Crippen molar-refractivity contribution in [3.63, 3.8) is 0 Å². The molecule has 24 heavy (non-hydrogen) atoms. The molecular weight excluding hydrogens is 364 g/mol. The summed E-state index contributed by atoms with van der Waals surface area (Å²) >= 11 is 10.6. The van der Waals surface area contributed by atoms with Crippen molar-refractivity contribution in [1.29, 1.82) is 0 Å². The van der Waals surface area contributed by atoms with E-state index in [-0.39, 0.29) is 22.3 Å². The summed E-state index contributed by atoms with van der Waals surface area (Å²) in [5, 5.41) is -1.50. The van der Waals surface area contributed by atoms with E-state index in [0.29, 0.717) is 0 Å². The van der Waals surface area contributed by atoms with Crippen LogP contribution in [0.2, 0.25) is 0 Å². The Morgan fingerprint density at radius 3 is 1.25 bits per heavy atom. The average molecular weight is 375 g/mol. The number of rotatable bonds is 4. The van der Waals surface area contributed by atoms with Gasteiger partial charge in [0.05, 0.1) is 0 Å². The number of benzene rings is 2. The Balaban J connectivity index is 2.58. The van der Waals surface area contributed by atoms with Crippen molar-refractivity contribution in [1.82, 2.24) is 0 Å². The highest BCUT2D eigenvalue weighted by Gasteiger charge is 2.53. The van der Waals surface area contributed by atoms with Crippen molar-refractivity contribution in [2.24, 2.45) is 0 Å². The van der Waals surface area contributed by atoms with E-state index in [9.17, 15) is 22.8 Å². The first kappa shape index (κ1) is 18.5. The van der Waals surface area contributed by atoms with Gasteiger partial charge in [0, 0.05) is 11.1 Å². The van der Waals surface area contributed by atoms with E-state index >= 15 is 0 Å². The van der Waals surface area contributed by atoms with E-state index in [1.54, 1.807) is 0 Å². The van der Waals surface area contributed by atoms with Gasteiger partial charge in [0.2, 0.25) is 0 Å². The Kier molecular flexibility index (Phi) is 5.06. The zero-order chi connectivity index (χ0) is 18.1. The van der Waals surface area contributed by atoms with Gasteiger partial charge >= 0.3 is 6.18 Å². The van der Waals surface area contributed by atoms with Crippen LogP contribution in [-0.4, -0.2) is 16.7 Å². The minimum absolute atomic E-state index is 0.0541. The van der Waals surface area contributed by atoms with Crippen molar-refractivity contribution >= 4 is 33.7 Å². The molecule has 126 valence electrons. The molecule has 0 saturated carbocycles. The Bertz CT molecular complexity index is 708. The Morgan fingerprint density at radius 1 is 0.750 bits per heavy atom. The highest BCUT2D eigenvalue weighted by atomic mass is 35.5. The zero-order valence-corrected chi connectivity index (χ0v) is 13.8. The largest absolute Gasteiger partial charge is 0.402 e. The van der Waals surface area contributed by atoms with Gasteiger partial charge in [0.1, 0.15) is 5.41 Å². The third-order valence-electron chi connectivity index (χ3n) is 3.95. The quantitative estimate of drug-likeness (QED) is 0.679. The van der Waals surface area contributed by atoms with Crippen molar-refractivity contribution in [2.45, 2.75) is 18.5 Å². The minimum atomic E-state index is -4.61. The fraction of sp³-hybridized carbons (Fsp3) is 0.176. The summed E-state index contributed by atoms with van der Waals surface area (Å²) in [5.74, 6) is 0. The lowest BCUT2D eigenvalue weighted by molar-refractivity contribution is -0.173. The van der Waals surface area contributed by atoms with Gasteiger partial charge in [-0.1, -0.05) is 24.3 Å². The van der Waals surface area contributed by atoms with Crippen LogP contribution in [0.4, 0.5) is 13.2 Å². The highest BCUT2D eigenvalue weighted by Crippen LogP contribution is 2.46. The standard InChI is InChI=1S/C17H11Cl2F3O2/c1-16(17(20,21)22,12-6-2-10(3-7-12)14(18)23)13-8-4-11(5-9-13)15(19)24/h2-9H,1H3. The summed E-state index contributed by atoms with van der Waals surface area (Å²) in [4.78, 5) is 22.1. The molecule has 0 fully saturated rings. The van der Waals surface area contributed by atoms with Crippen LogP contribution in [-0.2, 0) is 5.41 Å². The summed E-state index contributed by atoms with van der Waals surface area (Å²) in [6.45, 7) is 1.03. The van der Waals surface area contributed by atoms with Crippen LogP contribution in [0.3, 0.4) is 0 Å². The lowest BCUT2D eigenvalue weighted by atomic mass is 9.75. The second-order valence-corrected chi connectivity index (χ2v) is 6.01. The molecule has 0 aliphatic carbocycles. The number of halogens is 5. The van der Waals surface area contributed by atoms with E-state index in [0.717, 1.165) is 6.92 Å². The van der Waals surface area contributed by atoms with Gasteiger partial charge in [-0.3, -0.25) is 9.59 Å². The van der Waals surface area contributed by atoms with Crippen LogP contribution in [0.15, 0.2) is 48.5 Å². The second-order valence-electron chi connectivity index (χ2n) is 5.32. The van der Waals surface area contributed by atoms with Gasteiger partial charge in [0.15, 0.2) is 0 Å². The van der Waals surface area contributed by atoms with E-state index < -0.39 is 22.1 Å². The molecule has 0 amide bonds. The zero-order valence-electron chi connectivity index (χ0n) is 12.3. The molecule has 0 spiro atoms. The Labute approximate surface area is 146 Å². The Morgan fingerprint density at radius 2 is 1.04 bits per heavy atom. The first-order valence-corrected chi connectivity index (χ1v) is 7.50. The molecule has 0 aliphatic heterocycles. The Hall–Kier alpha value is -1.85. The molecule has 0 aliphatic rings. The highest BCUT2D eigenvalue weighted by molar-refractivity contribution is 6.68. The predicted octanol–water partition coefficient (Wildman–Crippen LogP) is 5.31. The maximum atomic E-state index is 13.8. The summed E-state index contributed by atoms with van der Waals surface area (Å²) in [6.07, 6.45) is -4.61. The molecule has 2 nitrogen and oxygen atoms in total. The molecule has 2 aromatic rings. The van der Waals surface area contributed by atoms with Crippen molar-refractivity contribution in [3.05, 3.63) is 70.8 Å². The number of carbonyl (C=O) groups is 2. The lowest BCUT2D eigenvalue weighted by Gasteiger charge is -2.33. The van der Waals surface area contributed by atoms with Crippen molar-refractivity contribution in [3.8, 4) is 0 Å². The summed E-state index contributed by atoms with van der Waals surface area (Å²) in [5.41, 5.74) is -2.22. The fourth-order valence-electron chi connectivity index (χ4n) is 2.36. The van der Waals surface area contributed by atoms with E-state index in [1.165, 1.54) is 48.5 Å². The number of hydrogen-bond acceptors (Lipinski definition) is 2. The molecule has 0 atom stereocenters. The third kappa shape index (κ3) is 3.32. The van der Waals surface area contributed by atoms with E-state index in [1.807, 2.05) is 0 Å². The molecule has 0 unspecified atom stereocenters. The number of carbonyl (C=O) groups excluding carboxylic acids is 2. The SMILES string of the molecule is CC(c1ccc(C(=O)Cl)cc1)(c1ccc(C(=O)Cl)cc1)C(F)(F)F. The first-order chi connectivity index (χ1) is 11.1. The van der Waals surface area contributed by atoms with Crippen LogP contribution in [0.5, 0.6) is 0 Å². The van der Waals surface area contributed by atoms with Crippen LogP contribution in [0.25, 0.3) is 0 Å². The van der Waals surface area contributed by atoms with Crippen LogP contribution in [0, 0.1) is 0 Å². The van der Waals surface area contributed by atoms with Gasteiger partial charge in [-0.2, -0.15) is 13.2 Å². The molecule has 0 aromatic heterocycles. The summed E-state index contributed by atoms with van der Waals surface area (Å²) in [6, 6.07) is 9.81. The monoisotopic (exact) mass is 374 g/mol. The first-order valence-electron chi connectivity index (χ1n) is 6.75. The molecule has 2 rings (SSSR count). The average Bonchev–Trinajstić information content (AvgIpc) is 2.53. The second kappa shape index (κ2) is 6.57. The number of hydrogen-bond donors (Lipinski definition) is 0. The minimum Gasteiger partial charge on any atom is -0.276 e. The van der Waals surface area contributed by atoms with Crippen LogP contribution < -0.4 is 0 Å². The van der Waals surface area contributed by atoms with Crippen LogP contribution >= 0.6 is 23.2 Å². The molecule has 0 bridgehead atoms. The van der Waals surface area contributed by atoms with Crippen molar-refractivity contribution in [2.75, 3.05) is 0 Å². The molecule has 7 heteroatoms. The van der Waals surface area contributed by atoms with Gasteiger partial charge in [-0.05, 0) is 65.5 Å². The summed E-state index contributed by atoms with van der Waals surface area (Å²) in [7, 11) is 0. The van der Waals surface area contributed by atoms with Gasteiger partial charge in [0.25, 0.3) is 10.5 Å². The molecule has 0 radical (unpaired) electrons. The predicted molar refractivity (Wildman–Crippen MR) is 85.8 cm³/mol. The molecule has 0 heterocycles. The van der Waals surface area contributed by atoms with Gasteiger partial charge < -0.3 is 0 Å². The topological polar surface area (TPSA) is 34.1 Å². The maximum Gasteiger partial charge on any atom is 0.402 e.